The third-order valence-corrected chi connectivity index (χ3v) is 4.91. The average Bonchev–Trinajstić information content (AvgIpc) is 2.34. The maximum Gasteiger partial charge on any atom is 0.412 e. The number of nitrogens with one attached hydrogen (secondary N) is 2. The molecule has 0 aliphatic carbocycles. The van der Waals surface area contributed by atoms with E-state index in [0.29, 0.717) is 6.54 Å². The minimum atomic E-state index is -3.17. The Labute approximate surface area is 135 Å². The second-order valence-electron chi connectivity index (χ2n) is 6.48. The molecular weight excluding hydrogens is 323 g/mol. The number of hydrogen-bond donors (Lipinski definition) is 2. The molecule has 1 atom stereocenters. The van der Waals surface area contributed by atoms with E-state index in [0.717, 1.165) is 6.07 Å². The highest BCUT2D eigenvalue weighted by atomic mass is 32.2. The molecule has 0 bridgehead atoms. The Hall–Kier alpha value is -1.67. The molecular formula is C15H21FN2O4S. The topological polar surface area (TPSA) is 84.5 Å². The zero-order valence-corrected chi connectivity index (χ0v) is 14.2. The van der Waals surface area contributed by atoms with Crippen LogP contribution in [0, 0.1) is 5.82 Å². The van der Waals surface area contributed by atoms with E-state index in [1.54, 1.807) is 20.8 Å². The number of benzene rings is 1. The van der Waals surface area contributed by atoms with Crippen molar-refractivity contribution in [3.63, 3.8) is 0 Å². The van der Waals surface area contributed by atoms with Crippen molar-refractivity contribution in [2.75, 3.05) is 23.4 Å². The standard InChI is InChI=1S/C15H21FN2O4S/c1-15(2,3)22-14(19)18-10-4-5-11(12(16)8-10)13-9-23(20,21)7-6-17-13/h4-5,8,13,17H,6-7,9H2,1-3H3,(H,18,19). The molecule has 1 aliphatic rings. The smallest absolute Gasteiger partial charge is 0.412 e. The number of rotatable bonds is 2. The van der Waals surface area contributed by atoms with Crippen molar-refractivity contribution in [3.8, 4) is 0 Å². The van der Waals surface area contributed by atoms with Crippen LogP contribution in [0.15, 0.2) is 18.2 Å². The summed E-state index contributed by atoms with van der Waals surface area (Å²) in [5, 5.41) is 5.44. The van der Waals surface area contributed by atoms with E-state index in [2.05, 4.69) is 10.6 Å². The Morgan fingerprint density at radius 2 is 2.09 bits per heavy atom. The molecule has 0 aromatic heterocycles. The summed E-state index contributed by atoms with van der Waals surface area (Å²) in [6.45, 7) is 5.48. The number of carbonyl (C=O) groups excluding carboxylic acids is 1. The van der Waals surface area contributed by atoms with Gasteiger partial charge in [-0.3, -0.25) is 5.32 Å². The van der Waals surface area contributed by atoms with Gasteiger partial charge >= 0.3 is 6.09 Å². The Balaban J connectivity index is 2.10. The number of ether oxygens (including phenoxy) is 1. The SMILES string of the molecule is CC(C)(C)OC(=O)Nc1ccc(C2CS(=O)(=O)CCN2)c(F)c1. The first-order valence-electron chi connectivity index (χ1n) is 7.29. The van der Waals surface area contributed by atoms with E-state index >= 15 is 0 Å². The van der Waals surface area contributed by atoms with E-state index in [1.165, 1.54) is 12.1 Å². The molecule has 1 aromatic rings. The highest BCUT2D eigenvalue weighted by Crippen LogP contribution is 2.24. The predicted octanol–water partition coefficient (Wildman–Crippen LogP) is 2.23. The van der Waals surface area contributed by atoms with Gasteiger partial charge in [0.2, 0.25) is 0 Å². The molecule has 0 saturated carbocycles. The Bertz CT molecular complexity index is 698. The van der Waals surface area contributed by atoms with Gasteiger partial charge < -0.3 is 10.1 Å². The van der Waals surface area contributed by atoms with E-state index in [1.807, 2.05) is 0 Å². The van der Waals surface area contributed by atoms with Crippen molar-refractivity contribution in [3.05, 3.63) is 29.6 Å². The monoisotopic (exact) mass is 344 g/mol. The lowest BCUT2D eigenvalue weighted by atomic mass is 10.1. The fourth-order valence-electron chi connectivity index (χ4n) is 2.29. The van der Waals surface area contributed by atoms with Crippen LogP contribution in [0.25, 0.3) is 0 Å². The molecule has 6 nitrogen and oxygen atoms in total. The normalized spacial score (nSPS) is 20.8. The molecule has 0 spiro atoms. The zero-order valence-electron chi connectivity index (χ0n) is 13.3. The Morgan fingerprint density at radius 1 is 1.39 bits per heavy atom. The van der Waals surface area contributed by atoms with Crippen molar-refractivity contribution in [2.24, 2.45) is 0 Å². The number of carbonyl (C=O) groups is 1. The quantitative estimate of drug-likeness (QED) is 0.859. The van der Waals surface area contributed by atoms with E-state index < -0.39 is 33.4 Å². The van der Waals surface area contributed by atoms with Crippen LogP contribution < -0.4 is 10.6 Å². The first-order valence-corrected chi connectivity index (χ1v) is 9.11. The molecule has 8 heteroatoms. The molecule has 1 fully saturated rings. The van der Waals surface area contributed by atoms with Gasteiger partial charge in [-0.2, -0.15) is 0 Å². The van der Waals surface area contributed by atoms with Crippen LogP contribution in [-0.2, 0) is 14.6 Å². The summed E-state index contributed by atoms with van der Waals surface area (Å²) in [5.41, 5.74) is -0.134. The molecule has 1 aliphatic heterocycles. The predicted molar refractivity (Wildman–Crippen MR) is 85.7 cm³/mol. The van der Waals surface area contributed by atoms with E-state index in [-0.39, 0.29) is 22.8 Å². The minimum Gasteiger partial charge on any atom is -0.444 e. The van der Waals surface area contributed by atoms with Crippen LogP contribution in [-0.4, -0.2) is 38.2 Å². The number of hydrogen-bond acceptors (Lipinski definition) is 5. The highest BCUT2D eigenvalue weighted by Gasteiger charge is 2.27. The fourth-order valence-corrected chi connectivity index (χ4v) is 3.69. The van der Waals surface area contributed by atoms with Crippen LogP contribution in [0.1, 0.15) is 32.4 Å². The lowest BCUT2D eigenvalue weighted by Gasteiger charge is -2.24. The minimum absolute atomic E-state index is 0.0589. The molecule has 1 aromatic carbocycles. The Morgan fingerprint density at radius 3 is 2.65 bits per heavy atom. The second kappa shape index (κ2) is 6.45. The van der Waals surface area contributed by atoms with E-state index in [4.69, 9.17) is 4.74 Å². The third kappa shape index (κ3) is 5.18. The van der Waals surface area contributed by atoms with Crippen molar-refractivity contribution >= 4 is 21.6 Å². The van der Waals surface area contributed by atoms with Gasteiger partial charge in [0.05, 0.1) is 11.5 Å². The number of sulfone groups is 1. The summed E-state index contributed by atoms with van der Waals surface area (Å²) in [5.74, 6) is -0.653. The molecule has 1 saturated heterocycles. The van der Waals surface area contributed by atoms with Gasteiger partial charge in [0.1, 0.15) is 11.4 Å². The maximum atomic E-state index is 14.2. The first kappa shape index (κ1) is 17.7. The van der Waals surface area contributed by atoms with Gasteiger partial charge in [0.25, 0.3) is 0 Å². The number of amides is 1. The zero-order chi connectivity index (χ0) is 17.3. The maximum absolute atomic E-state index is 14.2. The third-order valence-electron chi connectivity index (χ3n) is 3.25. The fraction of sp³-hybridized carbons (Fsp3) is 0.533. The van der Waals surface area contributed by atoms with Crippen molar-refractivity contribution in [2.45, 2.75) is 32.4 Å². The summed E-state index contributed by atoms with van der Waals surface area (Å²) in [6.07, 6.45) is -0.678. The van der Waals surface area contributed by atoms with Crippen LogP contribution in [0.4, 0.5) is 14.9 Å². The van der Waals surface area contributed by atoms with Gasteiger partial charge in [0.15, 0.2) is 9.84 Å². The molecule has 23 heavy (non-hydrogen) atoms. The van der Waals surface area contributed by atoms with Crippen LogP contribution in [0.2, 0.25) is 0 Å². The van der Waals surface area contributed by atoms with Gasteiger partial charge in [-0.1, -0.05) is 6.07 Å². The van der Waals surface area contributed by atoms with Gasteiger partial charge in [-0.05, 0) is 32.9 Å². The van der Waals surface area contributed by atoms with Crippen LogP contribution in [0.3, 0.4) is 0 Å². The summed E-state index contributed by atoms with van der Waals surface area (Å²) in [6, 6.07) is 3.57. The Kier molecular flexibility index (Phi) is 4.95. The number of halogens is 1. The molecule has 2 N–H and O–H groups in total. The summed E-state index contributed by atoms with van der Waals surface area (Å²) in [7, 11) is -3.17. The van der Waals surface area contributed by atoms with E-state index in [9.17, 15) is 17.6 Å². The summed E-state index contributed by atoms with van der Waals surface area (Å²) in [4.78, 5) is 11.7. The molecule has 128 valence electrons. The highest BCUT2D eigenvalue weighted by molar-refractivity contribution is 7.91. The largest absolute Gasteiger partial charge is 0.444 e. The molecule has 1 unspecified atom stereocenters. The van der Waals surface area contributed by atoms with Crippen molar-refractivity contribution in [1.82, 2.24) is 5.32 Å². The second-order valence-corrected chi connectivity index (χ2v) is 8.71. The van der Waals surface area contributed by atoms with Gasteiger partial charge in [-0.15, -0.1) is 0 Å². The van der Waals surface area contributed by atoms with Gasteiger partial charge in [0, 0.05) is 23.8 Å². The lowest BCUT2D eigenvalue weighted by Crippen LogP contribution is -2.39. The van der Waals surface area contributed by atoms with Gasteiger partial charge in [-0.25, -0.2) is 17.6 Å². The molecule has 1 heterocycles. The first-order chi connectivity index (χ1) is 10.6. The molecule has 0 radical (unpaired) electrons. The summed E-state index contributed by atoms with van der Waals surface area (Å²) >= 11 is 0. The number of anilines is 1. The molecule has 1 amide bonds. The van der Waals surface area contributed by atoms with Crippen molar-refractivity contribution < 1.29 is 22.3 Å². The van der Waals surface area contributed by atoms with Crippen LogP contribution in [0.5, 0.6) is 0 Å². The van der Waals surface area contributed by atoms with Crippen molar-refractivity contribution in [1.29, 1.82) is 0 Å². The van der Waals surface area contributed by atoms with Crippen LogP contribution >= 0.6 is 0 Å². The molecule has 2 rings (SSSR count). The summed E-state index contributed by atoms with van der Waals surface area (Å²) < 4.78 is 42.6. The average molecular weight is 344 g/mol. The lowest BCUT2D eigenvalue weighted by molar-refractivity contribution is 0.0636.